The minimum atomic E-state index is -0.212. The summed E-state index contributed by atoms with van der Waals surface area (Å²) in [6, 6.07) is 11.3. The van der Waals surface area contributed by atoms with E-state index in [1.807, 2.05) is 4.90 Å². The van der Waals surface area contributed by atoms with Crippen molar-refractivity contribution in [2.45, 2.75) is 31.7 Å². The molecule has 2 heterocycles. The van der Waals surface area contributed by atoms with Gasteiger partial charge in [-0.2, -0.15) is 0 Å². The first-order valence-corrected chi connectivity index (χ1v) is 10.1. The summed E-state index contributed by atoms with van der Waals surface area (Å²) in [6.45, 7) is 3.65. The molecule has 6 nitrogen and oxygen atoms in total. The van der Waals surface area contributed by atoms with Crippen LogP contribution in [0.5, 0.6) is 0 Å². The number of anilines is 1. The maximum Gasteiger partial charge on any atom is 0.257 e. The maximum absolute atomic E-state index is 12.9. The topological polar surface area (TPSA) is 65.5 Å². The summed E-state index contributed by atoms with van der Waals surface area (Å²) in [4.78, 5) is 33.5. The predicted octanol–water partition coefficient (Wildman–Crippen LogP) is 3.03. The second-order valence-corrected chi connectivity index (χ2v) is 7.54. The Morgan fingerprint density at radius 1 is 0.929 bits per heavy atom. The van der Waals surface area contributed by atoms with Crippen LogP contribution < -0.4 is 5.32 Å². The summed E-state index contributed by atoms with van der Waals surface area (Å²) in [7, 11) is 0. The van der Waals surface area contributed by atoms with E-state index >= 15 is 0 Å². The van der Waals surface area contributed by atoms with E-state index in [4.69, 9.17) is 0 Å². The molecule has 28 heavy (non-hydrogen) atoms. The number of nitrogens with one attached hydrogen (secondary N) is 1. The lowest BCUT2D eigenvalue weighted by Gasteiger charge is -2.36. The third-order valence-electron chi connectivity index (χ3n) is 5.72. The zero-order valence-electron chi connectivity index (χ0n) is 16.0. The molecule has 0 unspecified atom stereocenters. The van der Waals surface area contributed by atoms with Crippen molar-refractivity contribution in [1.82, 2.24) is 14.8 Å². The van der Waals surface area contributed by atoms with E-state index in [1.54, 1.807) is 42.6 Å². The fourth-order valence-corrected chi connectivity index (χ4v) is 3.84. The van der Waals surface area contributed by atoms with Crippen LogP contribution in [0.2, 0.25) is 0 Å². The van der Waals surface area contributed by atoms with Crippen LogP contribution in [-0.2, 0) is 0 Å². The van der Waals surface area contributed by atoms with Gasteiger partial charge in [-0.3, -0.25) is 19.5 Å². The molecular formula is C22H26N4O2. The number of hydrogen-bond acceptors (Lipinski definition) is 4. The second kappa shape index (κ2) is 8.52. The van der Waals surface area contributed by atoms with E-state index in [0.29, 0.717) is 16.8 Å². The van der Waals surface area contributed by atoms with Crippen LogP contribution in [0.3, 0.4) is 0 Å². The molecule has 6 heteroatoms. The molecule has 1 aromatic heterocycles. The number of pyridine rings is 1. The predicted molar refractivity (Wildman–Crippen MR) is 108 cm³/mol. The SMILES string of the molecule is O=C(Nc1ccc(C(=O)N2CCCN(C3CCC3)CC2)cc1)c1cccnc1. The van der Waals surface area contributed by atoms with Crippen LogP contribution in [0.4, 0.5) is 5.69 Å². The highest BCUT2D eigenvalue weighted by atomic mass is 16.2. The maximum atomic E-state index is 12.9. The van der Waals surface area contributed by atoms with E-state index in [2.05, 4.69) is 15.2 Å². The van der Waals surface area contributed by atoms with E-state index < -0.39 is 0 Å². The molecule has 1 aliphatic carbocycles. The summed E-state index contributed by atoms with van der Waals surface area (Å²) in [5.41, 5.74) is 1.83. The van der Waals surface area contributed by atoms with Crippen LogP contribution in [0.1, 0.15) is 46.4 Å². The molecule has 2 aromatic rings. The molecule has 1 saturated carbocycles. The molecular weight excluding hydrogens is 352 g/mol. The first kappa shape index (κ1) is 18.6. The Labute approximate surface area is 165 Å². The molecule has 0 radical (unpaired) electrons. The number of rotatable bonds is 4. The van der Waals surface area contributed by atoms with Gasteiger partial charge in [0.15, 0.2) is 0 Å². The molecule has 2 aliphatic rings. The fourth-order valence-electron chi connectivity index (χ4n) is 3.84. The highest BCUT2D eigenvalue weighted by Gasteiger charge is 2.28. The smallest absolute Gasteiger partial charge is 0.257 e. The molecule has 1 saturated heterocycles. The molecule has 0 atom stereocenters. The molecule has 1 aliphatic heterocycles. The zero-order valence-corrected chi connectivity index (χ0v) is 16.0. The van der Waals surface area contributed by atoms with Crippen molar-refractivity contribution in [3.05, 3.63) is 59.9 Å². The van der Waals surface area contributed by atoms with Crippen molar-refractivity contribution >= 4 is 17.5 Å². The number of nitrogens with zero attached hydrogens (tertiary/aromatic N) is 3. The largest absolute Gasteiger partial charge is 0.337 e. The lowest BCUT2D eigenvalue weighted by Crippen LogP contribution is -2.42. The average molecular weight is 378 g/mol. The summed E-state index contributed by atoms with van der Waals surface area (Å²) in [5.74, 6) is -0.142. The van der Waals surface area contributed by atoms with Crippen molar-refractivity contribution in [1.29, 1.82) is 0 Å². The lowest BCUT2D eigenvalue weighted by molar-refractivity contribution is 0.0749. The third-order valence-corrected chi connectivity index (χ3v) is 5.72. The Balaban J connectivity index is 1.35. The van der Waals surface area contributed by atoms with Gasteiger partial charge in [-0.15, -0.1) is 0 Å². The Morgan fingerprint density at radius 2 is 1.75 bits per heavy atom. The molecule has 0 spiro atoms. The van der Waals surface area contributed by atoms with Gasteiger partial charge in [0, 0.05) is 55.9 Å². The van der Waals surface area contributed by atoms with E-state index in [0.717, 1.165) is 38.6 Å². The molecule has 4 rings (SSSR count). The lowest BCUT2D eigenvalue weighted by atomic mass is 9.91. The molecule has 2 amide bonds. The van der Waals surface area contributed by atoms with Crippen LogP contribution >= 0.6 is 0 Å². The highest BCUT2D eigenvalue weighted by Crippen LogP contribution is 2.25. The fraction of sp³-hybridized carbons (Fsp3) is 0.409. The standard InChI is InChI=1S/C22H26N4O2/c27-21(18-4-2-11-23-16-18)24-19-9-7-17(8-10-19)22(28)26-13-3-12-25(14-15-26)20-5-1-6-20/h2,4,7-11,16,20H,1,3,5-6,12-15H2,(H,24,27). The van der Waals surface area contributed by atoms with Gasteiger partial charge < -0.3 is 10.2 Å². The number of carbonyl (C=O) groups is 2. The Morgan fingerprint density at radius 3 is 2.43 bits per heavy atom. The van der Waals surface area contributed by atoms with Crippen LogP contribution in [0.25, 0.3) is 0 Å². The minimum Gasteiger partial charge on any atom is -0.337 e. The van der Waals surface area contributed by atoms with Crippen LogP contribution in [0.15, 0.2) is 48.8 Å². The number of hydrogen-bond donors (Lipinski definition) is 1. The van der Waals surface area contributed by atoms with Gasteiger partial charge in [0.2, 0.25) is 0 Å². The quantitative estimate of drug-likeness (QED) is 0.888. The monoisotopic (exact) mass is 378 g/mol. The van der Waals surface area contributed by atoms with Crippen LogP contribution in [-0.4, -0.2) is 58.8 Å². The van der Waals surface area contributed by atoms with Gasteiger partial charge >= 0.3 is 0 Å². The van der Waals surface area contributed by atoms with Gasteiger partial charge in [0.25, 0.3) is 11.8 Å². The van der Waals surface area contributed by atoms with Crippen molar-refractivity contribution in [2.24, 2.45) is 0 Å². The average Bonchev–Trinajstić information content (AvgIpc) is 2.93. The van der Waals surface area contributed by atoms with Crippen LogP contribution in [0, 0.1) is 0 Å². The van der Waals surface area contributed by atoms with Crippen molar-refractivity contribution in [3.8, 4) is 0 Å². The molecule has 1 aromatic carbocycles. The van der Waals surface area contributed by atoms with E-state index in [-0.39, 0.29) is 11.8 Å². The van der Waals surface area contributed by atoms with Gasteiger partial charge in [-0.25, -0.2) is 0 Å². The van der Waals surface area contributed by atoms with Gasteiger partial charge in [-0.1, -0.05) is 6.42 Å². The summed E-state index contributed by atoms with van der Waals surface area (Å²) >= 11 is 0. The molecule has 0 bridgehead atoms. The number of carbonyl (C=O) groups excluding carboxylic acids is 2. The van der Waals surface area contributed by atoms with Crippen molar-refractivity contribution in [2.75, 3.05) is 31.5 Å². The normalized spacial score (nSPS) is 18.2. The molecule has 2 fully saturated rings. The number of benzene rings is 1. The molecule has 146 valence electrons. The van der Waals surface area contributed by atoms with E-state index in [9.17, 15) is 9.59 Å². The number of aromatic nitrogens is 1. The second-order valence-electron chi connectivity index (χ2n) is 7.54. The molecule has 1 N–H and O–H groups in total. The van der Waals surface area contributed by atoms with Gasteiger partial charge in [0.05, 0.1) is 5.56 Å². The van der Waals surface area contributed by atoms with Crippen molar-refractivity contribution in [3.63, 3.8) is 0 Å². The zero-order chi connectivity index (χ0) is 19.3. The Hall–Kier alpha value is -2.73. The third kappa shape index (κ3) is 4.22. The van der Waals surface area contributed by atoms with Crippen molar-refractivity contribution < 1.29 is 9.59 Å². The number of amides is 2. The van der Waals surface area contributed by atoms with Gasteiger partial charge in [-0.05, 0) is 55.7 Å². The Bertz CT molecular complexity index is 818. The first-order valence-electron chi connectivity index (χ1n) is 10.1. The van der Waals surface area contributed by atoms with E-state index in [1.165, 1.54) is 25.5 Å². The minimum absolute atomic E-state index is 0.0700. The summed E-state index contributed by atoms with van der Waals surface area (Å²) in [6.07, 6.45) is 8.14. The Kier molecular flexibility index (Phi) is 5.67. The summed E-state index contributed by atoms with van der Waals surface area (Å²) in [5, 5.41) is 2.83. The summed E-state index contributed by atoms with van der Waals surface area (Å²) < 4.78 is 0. The van der Waals surface area contributed by atoms with Gasteiger partial charge in [0.1, 0.15) is 0 Å². The highest BCUT2D eigenvalue weighted by molar-refractivity contribution is 6.04. The first-order chi connectivity index (χ1) is 13.7.